The molecular formula is C11H25N3O2S. The van der Waals surface area contributed by atoms with Crippen LogP contribution in [0, 0.1) is 0 Å². The van der Waals surface area contributed by atoms with Crippen molar-refractivity contribution >= 4 is 10.0 Å². The number of hydrogen-bond acceptors (Lipinski definition) is 4. The summed E-state index contributed by atoms with van der Waals surface area (Å²) >= 11 is 0. The minimum Gasteiger partial charge on any atom is -0.313 e. The van der Waals surface area contributed by atoms with E-state index in [0.717, 1.165) is 19.5 Å². The van der Waals surface area contributed by atoms with E-state index in [1.54, 1.807) is 4.31 Å². The second-order valence-corrected chi connectivity index (χ2v) is 7.07. The van der Waals surface area contributed by atoms with Crippen molar-refractivity contribution in [2.45, 2.75) is 26.3 Å². The molecule has 0 saturated carbocycles. The van der Waals surface area contributed by atoms with Gasteiger partial charge < -0.3 is 10.2 Å². The summed E-state index contributed by atoms with van der Waals surface area (Å²) in [6.45, 7) is 7.68. The van der Waals surface area contributed by atoms with E-state index in [0.29, 0.717) is 25.7 Å². The monoisotopic (exact) mass is 263 g/mol. The summed E-state index contributed by atoms with van der Waals surface area (Å²) in [5, 5.41) is 3.15. The van der Waals surface area contributed by atoms with Gasteiger partial charge in [-0.1, -0.05) is 13.8 Å². The van der Waals surface area contributed by atoms with Gasteiger partial charge in [-0.05, 0) is 20.0 Å². The van der Waals surface area contributed by atoms with Gasteiger partial charge in [0.2, 0.25) is 10.0 Å². The van der Waals surface area contributed by atoms with E-state index < -0.39 is 10.0 Å². The number of sulfonamides is 1. The summed E-state index contributed by atoms with van der Waals surface area (Å²) in [6, 6.07) is 0.334. The van der Waals surface area contributed by atoms with Gasteiger partial charge in [0, 0.05) is 32.2 Å². The average molecular weight is 263 g/mol. The Morgan fingerprint density at radius 3 is 2.53 bits per heavy atom. The maximum atomic E-state index is 12.1. The molecule has 0 aromatic carbocycles. The van der Waals surface area contributed by atoms with E-state index in [1.807, 2.05) is 20.9 Å². The average Bonchev–Trinajstić information content (AvgIpc) is 2.42. The van der Waals surface area contributed by atoms with Crippen LogP contribution in [0.5, 0.6) is 0 Å². The van der Waals surface area contributed by atoms with Crippen molar-refractivity contribution in [2.75, 3.05) is 45.5 Å². The van der Waals surface area contributed by atoms with E-state index >= 15 is 0 Å². The van der Waals surface area contributed by atoms with Gasteiger partial charge in [-0.2, -0.15) is 0 Å². The maximum absolute atomic E-state index is 12.1. The van der Waals surface area contributed by atoms with E-state index in [9.17, 15) is 8.42 Å². The number of hydrogen-bond donors (Lipinski definition) is 1. The zero-order valence-electron chi connectivity index (χ0n) is 11.1. The first-order valence-electron chi connectivity index (χ1n) is 6.31. The fourth-order valence-corrected chi connectivity index (χ4v) is 3.31. The van der Waals surface area contributed by atoms with Crippen LogP contribution >= 0.6 is 0 Å². The molecule has 6 heteroatoms. The molecule has 1 rings (SSSR count). The Hall–Kier alpha value is -0.170. The SMILES string of the molecule is CC(C)NCCS(=O)(=O)N1CCCN(C)CC1. The number of nitrogens with zero attached hydrogens (tertiary/aromatic N) is 2. The first-order valence-corrected chi connectivity index (χ1v) is 7.92. The molecule has 0 amide bonds. The van der Waals surface area contributed by atoms with Gasteiger partial charge in [0.15, 0.2) is 0 Å². The summed E-state index contributed by atoms with van der Waals surface area (Å²) in [7, 11) is -1.04. The van der Waals surface area contributed by atoms with Gasteiger partial charge in [-0.3, -0.25) is 0 Å². The van der Waals surface area contributed by atoms with Crippen LogP contribution in [0.3, 0.4) is 0 Å². The molecule has 1 aliphatic rings. The van der Waals surface area contributed by atoms with Crippen LogP contribution in [-0.4, -0.2) is 69.2 Å². The number of nitrogens with one attached hydrogen (secondary N) is 1. The molecular weight excluding hydrogens is 238 g/mol. The van der Waals surface area contributed by atoms with Crippen molar-refractivity contribution in [3.63, 3.8) is 0 Å². The van der Waals surface area contributed by atoms with E-state index in [-0.39, 0.29) is 5.75 Å². The van der Waals surface area contributed by atoms with Crippen molar-refractivity contribution in [3.8, 4) is 0 Å². The lowest BCUT2D eigenvalue weighted by Crippen LogP contribution is -2.39. The van der Waals surface area contributed by atoms with Crippen LogP contribution in [0.4, 0.5) is 0 Å². The molecule has 0 unspecified atom stereocenters. The molecule has 0 atom stereocenters. The van der Waals surface area contributed by atoms with Gasteiger partial charge in [0.1, 0.15) is 0 Å². The summed E-state index contributed by atoms with van der Waals surface area (Å²) in [5.41, 5.74) is 0. The third-order valence-corrected chi connectivity index (χ3v) is 4.86. The standard InChI is InChI=1S/C11H25N3O2S/c1-11(2)12-5-10-17(15,16)14-7-4-6-13(3)8-9-14/h11-12H,4-10H2,1-3H3. The Kier molecular flexibility index (Phi) is 5.85. The Morgan fingerprint density at radius 1 is 1.18 bits per heavy atom. The molecule has 0 radical (unpaired) electrons. The first kappa shape index (κ1) is 14.9. The third-order valence-electron chi connectivity index (χ3n) is 2.98. The van der Waals surface area contributed by atoms with Crippen LogP contribution < -0.4 is 5.32 Å². The lowest BCUT2D eigenvalue weighted by molar-refractivity contribution is 0.347. The summed E-state index contributed by atoms with van der Waals surface area (Å²) < 4.78 is 25.8. The van der Waals surface area contributed by atoms with E-state index in [1.165, 1.54) is 0 Å². The maximum Gasteiger partial charge on any atom is 0.215 e. The molecule has 0 spiro atoms. The Balaban J connectivity index is 2.45. The van der Waals surface area contributed by atoms with Crippen LogP contribution in [0.15, 0.2) is 0 Å². The minimum absolute atomic E-state index is 0.203. The van der Waals surface area contributed by atoms with Crippen molar-refractivity contribution in [1.82, 2.24) is 14.5 Å². The van der Waals surface area contributed by atoms with Crippen LogP contribution in [0.1, 0.15) is 20.3 Å². The fraction of sp³-hybridized carbons (Fsp3) is 1.00. The minimum atomic E-state index is -3.08. The Labute approximate surface area is 105 Å². The molecule has 1 saturated heterocycles. The Morgan fingerprint density at radius 2 is 1.88 bits per heavy atom. The van der Waals surface area contributed by atoms with Gasteiger partial charge in [-0.25, -0.2) is 12.7 Å². The van der Waals surface area contributed by atoms with Gasteiger partial charge >= 0.3 is 0 Å². The quantitative estimate of drug-likeness (QED) is 0.756. The topological polar surface area (TPSA) is 52.7 Å². The van der Waals surface area contributed by atoms with Crippen LogP contribution in [-0.2, 0) is 10.0 Å². The number of rotatable bonds is 5. The third kappa shape index (κ3) is 5.33. The lowest BCUT2D eigenvalue weighted by Gasteiger charge is -2.20. The first-order chi connectivity index (χ1) is 7.92. The molecule has 0 aromatic heterocycles. The van der Waals surface area contributed by atoms with E-state index in [2.05, 4.69) is 10.2 Å². The van der Waals surface area contributed by atoms with Gasteiger partial charge in [-0.15, -0.1) is 0 Å². The van der Waals surface area contributed by atoms with Crippen molar-refractivity contribution in [1.29, 1.82) is 0 Å². The largest absolute Gasteiger partial charge is 0.313 e. The molecule has 0 aliphatic carbocycles. The summed E-state index contributed by atoms with van der Waals surface area (Å²) in [6.07, 6.45) is 0.924. The highest BCUT2D eigenvalue weighted by Gasteiger charge is 2.23. The van der Waals surface area contributed by atoms with Gasteiger partial charge in [0.05, 0.1) is 5.75 Å². The fourth-order valence-electron chi connectivity index (χ4n) is 1.91. The molecule has 17 heavy (non-hydrogen) atoms. The molecule has 0 bridgehead atoms. The molecule has 1 heterocycles. The Bertz CT molecular complexity index is 317. The summed E-state index contributed by atoms with van der Waals surface area (Å²) in [4.78, 5) is 2.18. The zero-order valence-corrected chi connectivity index (χ0v) is 12.0. The van der Waals surface area contributed by atoms with Crippen LogP contribution in [0.25, 0.3) is 0 Å². The van der Waals surface area contributed by atoms with Crippen molar-refractivity contribution < 1.29 is 8.42 Å². The molecule has 1 aliphatic heterocycles. The normalized spacial score (nSPS) is 20.7. The van der Waals surface area contributed by atoms with Gasteiger partial charge in [0.25, 0.3) is 0 Å². The molecule has 102 valence electrons. The lowest BCUT2D eigenvalue weighted by atomic mass is 10.4. The second kappa shape index (κ2) is 6.68. The molecule has 1 N–H and O–H groups in total. The highest BCUT2D eigenvalue weighted by molar-refractivity contribution is 7.89. The predicted molar refractivity (Wildman–Crippen MR) is 70.6 cm³/mol. The highest BCUT2D eigenvalue weighted by Crippen LogP contribution is 2.07. The summed E-state index contributed by atoms with van der Waals surface area (Å²) in [5.74, 6) is 0.203. The molecule has 0 aromatic rings. The smallest absolute Gasteiger partial charge is 0.215 e. The van der Waals surface area contributed by atoms with Crippen LogP contribution in [0.2, 0.25) is 0 Å². The predicted octanol–water partition coefficient (Wildman–Crippen LogP) is -0.0483. The highest BCUT2D eigenvalue weighted by atomic mass is 32.2. The second-order valence-electron chi connectivity index (χ2n) is 4.98. The van der Waals surface area contributed by atoms with Crippen molar-refractivity contribution in [2.24, 2.45) is 0 Å². The number of likely N-dealkylation sites (N-methyl/N-ethyl adjacent to an activating group) is 1. The zero-order chi connectivity index (χ0) is 12.9. The van der Waals surface area contributed by atoms with Crippen molar-refractivity contribution in [3.05, 3.63) is 0 Å². The molecule has 1 fully saturated rings. The molecule has 5 nitrogen and oxygen atoms in total. The van der Waals surface area contributed by atoms with E-state index in [4.69, 9.17) is 0 Å².